The number of aliphatic carboxylic acids is 1. The first kappa shape index (κ1) is 18.9. The molecule has 1 aliphatic rings. The van der Waals surface area contributed by atoms with Crippen LogP contribution in [0.3, 0.4) is 0 Å². The van der Waals surface area contributed by atoms with Gasteiger partial charge in [0.25, 0.3) is 0 Å². The number of nitrogens with zero attached hydrogens (tertiary/aromatic N) is 1. The number of amides is 2. The summed E-state index contributed by atoms with van der Waals surface area (Å²) in [5, 5.41) is 12.2. The molecule has 2 N–H and O–H groups in total. The molecule has 0 radical (unpaired) electrons. The van der Waals surface area contributed by atoms with E-state index >= 15 is 0 Å². The van der Waals surface area contributed by atoms with Crippen molar-refractivity contribution in [2.45, 2.75) is 33.2 Å². The van der Waals surface area contributed by atoms with E-state index in [1.807, 2.05) is 26.0 Å². The van der Waals surface area contributed by atoms with Crippen molar-refractivity contribution in [2.75, 3.05) is 27.3 Å². The Kier molecular flexibility index (Phi) is 5.45. The largest absolute Gasteiger partial charge is 0.493 e. The third-order valence-corrected chi connectivity index (χ3v) is 4.86. The van der Waals surface area contributed by atoms with E-state index in [2.05, 4.69) is 5.32 Å². The molecule has 2 unspecified atom stereocenters. The van der Waals surface area contributed by atoms with Gasteiger partial charge in [-0.05, 0) is 50.5 Å². The Labute approximate surface area is 147 Å². The maximum atomic E-state index is 12.5. The minimum atomic E-state index is -0.875. The summed E-state index contributed by atoms with van der Waals surface area (Å²) in [6, 6.07) is 3.22. The monoisotopic (exact) mass is 350 g/mol. The van der Waals surface area contributed by atoms with E-state index < -0.39 is 11.4 Å². The standard InChI is InChI=1S/C18H26N2O5/c1-11-8-14(24-4)15(25-5)9-13(11)12(2)19-17(23)20-7-6-18(3,10-20)16(21)22/h8-9,12H,6-7,10H2,1-5H3,(H,19,23)(H,21,22). The van der Waals surface area contributed by atoms with E-state index in [0.29, 0.717) is 24.5 Å². The van der Waals surface area contributed by atoms with Gasteiger partial charge in [-0.2, -0.15) is 0 Å². The molecule has 2 atom stereocenters. The van der Waals surface area contributed by atoms with Crippen molar-refractivity contribution in [3.63, 3.8) is 0 Å². The number of benzene rings is 1. The highest BCUT2D eigenvalue weighted by Crippen LogP contribution is 2.33. The molecule has 1 aromatic carbocycles. The number of rotatable bonds is 5. The molecule has 0 bridgehead atoms. The number of hydrogen-bond donors (Lipinski definition) is 2. The van der Waals surface area contributed by atoms with Gasteiger partial charge in [-0.25, -0.2) is 4.79 Å². The smallest absolute Gasteiger partial charge is 0.317 e. The van der Waals surface area contributed by atoms with Gasteiger partial charge < -0.3 is 24.8 Å². The van der Waals surface area contributed by atoms with Crippen molar-refractivity contribution in [3.8, 4) is 11.5 Å². The Morgan fingerprint density at radius 2 is 1.88 bits per heavy atom. The lowest BCUT2D eigenvalue weighted by Gasteiger charge is -2.24. The van der Waals surface area contributed by atoms with Crippen LogP contribution in [0.25, 0.3) is 0 Å². The molecule has 2 rings (SSSR count). The topological polar surface area (TPSA) is 88.1 Å². The lowest BCUT2D eigenvalue weighted by molar-refractivity contribution is -0.147. The van der Waals surface area contributed by atoms with Crippen molar-refractivity contribution < 1.29 is 24.2 Å². The van der Waals surface area contributed by atoms with Crippen molar-refractivity contribution in [2.24, 2.45) is 5.41 Å². The number of ether oxygens (including phenoxy) is 2. The first-order valence-electron chi connectivity index (χ1n) is 8.23. The van der Waals surface area contributed by atoms with Crippen LogP contribution in [0.5, 0.6) is 11.5 Å². The van der Waals surface area contributed by atoms with Gasteiger partial charge in [0.05, 0.1) is 25.7 Å². The summed E-state index contributed by atoms with van der Waals surface area (Å²) < 4.78 is 10.6. The number of carboxylic acid groups (broad SMARTS) is 1. The predicted molar refractivity (Wildman–Crippen MR) is 93.2 cm³/mol. The molecule has 1 aromatic rings. The SMILES string of the molecule is COc1cc(C)c(C(C)NC(=O)N2CCC(C)(C(=O)O)C2)cc1OC. The zero-order chi connectivity index (χ0) is 18.8. The molecule has 0 aromatic heterocycles. The Hall–Kier alpha value is -2.44. The van der Waals surface area contributed by atoms with E-state index in [4.69, 9.17) is 9.47 Å². The molecule has 0 spiro atoms. The molecule has 1 heterocycles. The van der Waals surface area contributed by atoms with Gasteiger partial charge in [0.15, 0.2) is 11.5 Å². The third-order valence-electron chi connectivity index (χ3n) is 4.86. The average molecular weight is 350 g/mol. The van der Waals surface area contributed by atoms with E-state index in [1.165, 1.54) is 0 Å². The number of nitrogens with one attached hydrogen (secondary N) is 1. The lowest BCUT2D eigenvalue weighted by Crippen LogP contribution is -2.41. The average Bonchev–Trinajstić information content (AvgIpc) is 2.98. The number of aryl methyl sites for hydroxylation is 1. The van der Waals surface area contributed by atoms with Crippen LogP contribution in [0.1, 0.15) is 37.4 Å². The summed E-state index contributed by atoms with van der Waals surface area (Å²) in [4.78, 5) is 25.4. The maximum Gasteiger partial charge on any atom is 0.317 e. The van der Waals surface area contributed by atoms with E-state index in [9.17, 15) is 14.7 Å². The van der Waals surface area contributed by atoms with Gasteiger partial charge in [-0.15, -0.1) is 0 Å². The highest BCUT2D eigenvalue weighted by Gasteiger charge is 2.42. The number of hydrogen-bond acceptors (Lipinski definition) is 4. The second-order valence-electron chi connectivity index (χ2n) is 6.77. The minimum absolute atomic E-state index is 0.214. The molecular weight excluding hydrogens is 324 g/mol. The van der Waals surface area contributed by atoms with Crippen molar-refractivity contribution in [1.82, 2.24) is 10.2 Å². The fourth-order valence-electron chi connectivity index (χ4n) is 3.13. The van der Waals surface area contributed by atoms with Crippen LogP contribution in [-0.4, -0.2) is 49.3 Å². The molecule has 2 amide bonds. The van der Waals surface area contributed by atoms with Gasteiger partial charge in [-0.1, -0.05) is 0 Å². The highest BCUT2D eigenvalue weighted by atomic mass is 16.5. The zero-order valence-electron chi connectivity index (χ0n) is 15.4. The number of methoxy groups -OCH3 is 2. The van der Waals surface area contributed by atoms with Crippen LogP contribution in [-0.2, 0) is 4.79 Å². The fraction of sp³-hybridized carbons (Fsp3) is 0.556. The van der Waals surface area contributed by atoms with Gasteiger partial charge in [-0.3, -0.25) is 4.79 Å². The molecule has 7 heteroatoms. The number of carboxylic acids is 1. The predicted octanol–water partition coefficient (Wildman–Crippen LogP) is 2.58. The minimum Gasteiger partial charge on any atom is -0.493 e. The molecule has 0 saturated carbocycles. The molecule has 1 aliphatic heterocycles. The van der Waals surface area contributed by atoms with Crippen molar-refractivity contribution in [1.29, 1.82) is 0 Å². The van der Waals surface area contributed by atoms with Crippen LogP contribution in [0.15, 0.2) is 12.1 Å². The summed E-state index contributed by atoms with van der Waals surface area (Å²) >= 11 is 0. The Morgan fingerprint density at radius 1 is 1.28 bits per heavy atom. The highest BCUT2D eigenvalue weighted by molar-refractivity contribution is 5.79. The van der Waals surface area contributed by atoms with E-state index in [1.54, 1.807) is 26.0 Å². The molecular formula is C18H26N2O5. The number of urea groups is 1. The summed E-state index contributed by atoms with van der Waals surface area (Å²) in [6.45, 7) is 6.15. The number of carbonyl (C=O) groups is 2. The summed E-state index contributed by atoms with van der Waals surface area (Å²) in [6.07, 6.45) is 0.458. The quantitative estimate of drug-likeness (QED) is 0.852. The van der Waals surface area contributed by atoms with Crippen LogP contribution >= 0.6 is 0 Å². The Balaban J connectivity index is 2.11. The van der Waals surface area contributed by atoms with Crippen LogP contribution < -0.4 is 14.8 Å². The molecule has 0 aliphatic carbocycles. The van der Waals surface area contributed by atoms with Gasteiger partial charge >= 0.3 is 12.0 Å². The fourth-order valence-corrected chi connectivity index (χ4v) is 3.13. The number of likely N-dealkylation sites (tertiary alicyclic amines) is 1. The molecule has 138 valence electrons. The second-order valence-corrected chi connectivity index (χ2v) is 6.77. The molecule has 1 fully saturated rings. The van der Waals surface area contributed by atoms with Gasteiger partial charge in [0, 0.05) is 13.1 Å². The maximum absolute atomic E-state index is 12.5. The van der Waals surface area contributed by atoms with Gasteiger partial charge in [0.1, 0.15) is 0 Å². The lowest BCUT2D eigenvalue weighted by atomic mass is 9.90. The molecule has 7 nitrogen and oxygen atoms in total. The van der Waals surface area contributed by atoms with E-state index in [-0.39, 0.29) is 18.6 Å². The summed E-state index contributed by atoms with van der Waals surface area (Å²) in [7, 11) is 3.15. The molecule has 1 saturated heterocycles. The third kappa shape index (κ3) is 3.81. The Bertz CT molecular complexity index is 676. The van der Waals surface area contributed by atoms with Gasteiger partial charge in [0.2, 0.25) is 0 Å². The van der Waals surface area contributed by atoms with E-state index in [0.717, 1.165) is 11.1 Å². The van der Waals surface area contributed by atoms with Crippen LogP contribution in [0.2, 0.25) is 0 Å². The van der Waals surface area contributed by atoms with Crippen molar-refractivity contribution >= 4 is 12.0 Å². The summed E-state index contributed by atoms with van der Waals surface area (Å²) in [5.41, 5.74) is 1.02. The van der Waals surface area contributed by atoms with Crippen molar-refractivity contribution in [3.05, 3.63) is 23.3 Å². The zero-order valence-corrected chi connectivity index (χ0v) is 15.4. The first-order valence-corrected chi connectivity index (χ1v) is 8.23. The number of carbonyl (C=O) groups excluding carboxylic acids is 1. The first-order chi connectivity index (χ1) is 11.7. The van der Waals surface area contributed by atoms with Crippen LogP contribution in [0.4, 0.5) is 4.79 Å². The van der Waals surface area contributed by atoms with Crippen LogP contribution in [0, 0.1) is 12.3 Å². The summed E-state index contributed by atoms with van der Waals surface area (Å²) in [5.74, 6) is 0.370. The Morgan fingerprint density at radius 3 is 2.40 bits per heavy atom. The normalized spacial score (nSPS) is 20.9. The molecule has 25 heavy (non-hydrogen) atoms. The second kappa shape index (κ2) is 7.21.